The van der Waals surface area contributed by atoms with Crippen LogP contribution >= 0.6 is 0 Å². The topological polar surface area (TPSA) is 72.0 Å². The number of hydrogen-bond acceptors (Lipinski definition) is 5. The van der Waals surface area contributed by atoms with Crippen LogP contribution in [0.3, 0.4) is 0 Å². The largest absolute Gasteiger partial charge is 0.309 e. The molecule has 0 aromatic carbocycles. The Bertz CT molecular complexity index is 434. The molecule has 0 radical (unpaired) electrons. The first-order valence-electron chi connectivity index (χ1n) is 6.20. The summed E-state index contributed by atoms with van der Waals surface area (Å²) in [7, 11) is -2.89. The van der Waals surface area contributed by atoms with E-state index in [0.29, 0.717) is 6.42 Å². The van der Waals surface area contributed by atoms with Crippen molar-refractivity contribution in [3.8, 4) is 0 Å². The first-order valence-corrected chi connectivity index (χ1v) is 8.26. The summed E-state index contributed by atoms with van der Waals surface area (Å²) < 4.78 is 22.2. The van der Waals surface area contributed by atoms with E-state index in [4.69, 9.17) is 0 Å². The third kappa shape index (κ3) is 6.07. The number of nitrogens with one attached hydrogen (secondary N) is 1. The molecule has 0 bridgehead atoms. The summed E-state index contributed by atoms with van der Waals surface area (Å²) in [5, 5.41) is 3.37. The maximum Gasteiger partial charge on any atom is 0.147 e. The van der Waals surface area contributed by atoms with E-state index in [9.17, 15) is 8.42 Å². The molecule has 0 saturated carbocycles. The second-order valence-electron chi connectivity index (χ2n) is 4.41. The molecular formula is C12H21N3O2S. The molecule has 1 aromatic heterocycles. The molecule has 1 atom stereocenters. The van der Waals surface area contributed by atoms with E-state index >= 15 is 0 Å². The summed E-state index contributed by atoms with van der Waals surface area (Å²) in [6.07, 6.45) is 8.71. The van der Waals surface area contributed by atoms with Gasteiger partial charge >= 0.3 is 0 Å². The summed E-state index contributed by atoms with van der Waals surface area (Å²) in [5.74, 6) is 0.220. The molecule has 5 nitrogen and oxygen atoms in total. The average molecular weight is 271 g/mol. The van der Waals surface area contributed by atoms with Crippen molar-refractivity contribution < 1.29 is 8.42 Å². The van der Waals surface area contributed by atoms with Crippen LogP contribution in [0, 0.1) is 0 Å². The molecule has 6 heteroatoms. The van der Waals surface area contributed by atoms with Crippen molar-refractivity contribution in [2.24, 2.45) is 0 Å². The van der Waals surface area contributed by atoms with Gasteiger partial charge in [-0.2, -0.15) is 0 Å². The van der Waals surface area contributed by atoms with E-state index in [-0.39, 0.29) is 11.8 Å². The van der Waals surface area contributed by atoms with E-state index in [1.807, 2.05) is 0 Å². The Morgan fingerprint density at radius 1 is 1.39 bits per heavy atom. The van der Waals surface area contributed by atoms with E-state index in [1.54, 1.807) is 18.6 Å². The van der Waals surface area contributed by atoms with Crippen LogP contribution in [0.2, 0.25) is 0 Å². The van der Waals surface area contributed by atoms with Gasteiger partial charge in [-0.1, -0.05) is 6.92 Å². The fraction of sp³-hybridized carbons (Fsp3) is 0.667. The second kappa shape index (κ2) is 7.43. The maximum absolute atomic E-state index is 11.1. The molecule has 1 unspecified atom stereocenters. The molecule has 1 N–H and O–H groups in total. The van der Waals surface area contributed by atoms with Crippen molar-refractivity contribution in [2.45, 2.75) is 32.2 Å². The lowest BCUT2D eigenvalue weighted by Crippen LogP contribution is -2.23. The predicted octanol–water partition coefficient (Wildman–Crippen LogP) is 1.34. The first kappa shape index (κ1) is 15.0. The van der Waals surface area contributed by atoms with Gasteiger partial charge < -0.3 is 5.32 Å². The summed E-state index contributed by atoms with van der Waals surface area (Å²) in [4.78, 5) is 8.32. The summed E-state index contributed by atoms with van der Waals surface area (Å²) >= 11 is 0. The van der Waals surface area contributed by atoms with Gasteiger partial charge in [0.2, 0.25) is 0 Å². The van der Waals surface area contributed by atoms with E-state index < -0.39 is 9.84 Å². The maximum atomic E-state index is 11.1. The molecular weight excluding hydrogens is 250 g/mol. The van der Waals surface area contributed by atoms with Gasteiger partial charge in [0, 0.05) is 30.6 Å². The fourth-order valence-corrected chi connectivity index (χ4v) is 2.40. The highest BCUT2D eigenvalue weighted by Gasteiger charge is 2.13. The molecule has 0 saturated heterocycles. The normalized spacial score (nSPS) is 13.4. The van der Waals surface area contributed by atoms with Crippen LogP contribution in [0.5, 0.6) is 0 Å². The zero-order valence-electron chi connectivity index (χ0n) is 11.0. The molecule has 0 aliphatic carbocycles. The molecule has 1 rings (SSSR count). The van der Waals surface area contributed by atoms with Gasteiger partial charge in [-0.15, -0.1) is 0 Å². The molecule has 1 heterocycles. The van der Waals surface area contributed by atoms with Gasteiger partial charge in [0.05, 0.1) is 11.7 Å². The number of hydrogen-bond donors (Lipinski definition) is 1. The van der Waals surface area contributed by atoms with Gasteiger partial charge in [-0.05, 0) is 25.8 Å². The number of rotatable bonds is 8. The third-order valence-electron chi connectivity index (χ3n) is 2.59. The van der Waals surface area contributed by atoms with Crippen molar-refractivity contribution >= 4 is 9.84 Å². The minimum Gasteiger partial charge on any atom is -0.309 e. The highest BCUT2D eigenvalue weighted by atomic mass is 32.2. The molecule has 0 amide bonds. The van der Waals surface area contributed by atoms with Crippen LogP contribution in [0.15, 0.2) is 18.6 Å². The Labute approximate surface area is 109 Å². The molecule has 18 heavy (non-hydrogen) atoms. The lowest BCUT2D eigenvalue weighted by Gasteiger charge is -2.17. The highest BCUT2D eigenvalue weighted by Crippen LogP contribution is 2.15. The molecule has 0 aliphatic heterocycles. The third-order valence-corrected chi connectivity index (χ3v) is 3.62. The molecule has 0 fully saturated rings. The molecule has 1 aromatic rings. The van der Waals surface area contributed by atoms with Gasteiger partial charge in [-0.25, -0.2) is 8.42 Å². The van der Waals surface area contributed by atoms with Gasteiger partial charge in [-0.3, -0.25) is 9.97 Å². The lowest BCUT2D eigenvalue weighted by atomic mass is 10.1. The van der Waals surface area contributed by atoms with Crippen LogP contribution in [0.1, 0.15) is 37.9 Å². The van der Waals surface area contributed by atoms with Crippen molar-refractivity contribution in [1.29, 1.82) is 0 Å². The summed E-state index contributed by atoms with van der Waals surface area (Å²) in [6.45, 7) is 2.98. The monoisotopic (exact) mass is 271 g/mol. The zero-order chi connectivity index (χ0) is 13.4. The van der Waals surface area contributed by atoms with Crippen molar-refractivity contribution in [1.82, 2.24) is 15.3 Å². The van der Waals surface area contributed by atoms with Crippen LogP contribution in [0.25, 0.3) is 0 Å². The number of sulfone groups is 1. The second-order valence-corrected chi connectivity index (χ2v) is 6.67. The quantitative estimate of drug-likeness (QED) is 0.772. The highest BCUT2D eigenvalue weighted by molar-refractivity contribution is 7.90. The van der Waals surface area contributed by atoms with E-state index in [1.165, 1.54) is 6.26 Å². The minimum absolute atomic E-state index is 0.0837. The van der Waals surface area contributed by atoms with Crippen LogP contribution in [-0.2, 0) is 9.84 Å². The Balaban J connectivity index is 2.56. The van der Waals surface area contributed by atoms with Crippen molar-refractivity contribution in [3.63, 3.8) is 0 Å². The Kier molecular flexibility index (Phi) is 6.21. The van der Waals surface area contributed by atoms with Crippen LogP contribution < -0.4 is 5.32 Å². The summed E-state index contributed by atoms with van der Waals surface area (Å²) in [6, 6.07) is 0.0837. The van der Waals surface area contributed by atoms with E-state index in [0.717, 1.165) is 25.1 Å². The van der Waals surface area contributed by atoms with E-state index in [2.05, 4.69) is 22.2 Å². The number of aromatic nitrogens is 2. The standard InChI is InChI=1S/C12H21N3O2S/c1-3-6-14-11(5-4-9-18(2,16)17)12-10-13-7-8-15-12/h7-8,10-11,14H,3-6,9H2,1-2H3. The molecule has 102 valence electrons. The van der Waals surface area contributed by atoms with Gasteiger partial charge in [0.15, 0.2) is 0 Å². The Morgan fingerprint density at radius 3 is 2.72 bits per heavy atom. The summed E-state index contributed by atoms with van der Waals surface area (Å²) in [5.41, 5.74) is 0.874. The average Bonchev–Trinajstić information content (AvgIpc) is 2.33. The Morgan fingerprint density at radius 2 is 2.17 bits per heavy atom. The minimum atomic E-state index is -2.89. The molecule has 0 spiro atoms. The Hall–Kier alpha value is -1.01. The lowest BCUT2D eigenvalue weighted by molar-refractivity contribution is 0.481. The van der Waals surface area contributed by atoms with Crippen LogP contribution in [-0.4, -0.2) is 36.9 Å². The first-order chi connectivity index (χ1) is 8.53. The van der Waals surface area contributed by atoms with Gasteiger partial charge in [0.25, 0.3) is 0 Å². The SMILES string of the molecule is CCCNC(CCCS(C)(=O)=O)c1cnccn1. The zero-order valence-corrected chi connectivity index (χ0v) is 11.8. The predicted molar refractivity (Wildman–Crippen MR) is 72.0 cm³/mol. The smallest absolute Gasteiger partial charge is 0.147 e. The van der Waals surface area contributed by atoms with Crippen molar-refractivity contribution in [2.75, 3.05) is 18.6 Å². The fourth-order valence-electron chi connectivity index (χ4n) is 1.71. The van der Waals surface area contributed by atoms with Crippen molar-refractivity contribution in [3.05, 3.63) is 24.3 Å². The number of nitrogens with zero attached hydrogens (tertiary/aromatic N) is 2. The van der Waals surface area contributed by atoms with Crippen LogP contribution in [0.4, 0.5) is 0 Å². The van der Waals surface area contributed by atoms with Gasteiger partial charge in [0.1, 0.15) is 9.84 Å². The molecule has 0 aliphatic rings.